The molecule has 1 saturated heterocycles. The van der Waals surface area contributed by atoms with Crippen LogP contribution in [0.1, 0.15) is 40.3 Å². The molecule has 2 aromatic rings. The molecule has 0 bridgehead atoms. The lowest BCUT2D eigenvalue weighted by Crippen LogP contribution is -2.49. The minimum atomic E-state index is -0.561. The van der Waals surface area contributed by atoms with Gasteiger partial charge in [0.2, 0.25) is 0 Å². The molecule has 1 aromatic heterocycles. The van der Waals surface area contributed by atoms with Crippen LogP contribution >= 0.6 is 0 Å². The van der Waals surface area contributed by atoms with Crippen molar-refractivity contribution in [3.8, 4) is 5.75 Å². The number of furan rings is 1. The Bertz CT molecular complexity index is 928. The number of likely N-dealkylation sites (tertiary alicyclic amines) is 1. The van der Waals surface area contributed by atoms with Crippen LogP contribution < -0.4 is 10.1 Å². The number of fused-ring (bicyclic) bond motifs is 1. The molecule has 1 aliphatic heterocycles. The van der Waals surface area contributed by atoms with E-state index in [0.717, 1.165) is 25.1 Å². The van der Waals surface area contributed by atoms with E-state index < -0.39 is 6.10 Å². The molecule has 1 aromatic carbocycles. The monoisotopic (exact) mass is 416 g/mol. The molecular weight excluding hydrogens is 387 g/mol. The van der Waals surface area contributed by atoms with E-state index in [9.17, 15) is 14.3 Å². The van der Waals surface area contributed by atoms with E-state index in [1.807, 2.05) is 6.92 Å². The molecule has 1 amide bonds. The summed E-state index contributed by atoms with van der Waals surface area (Å²) >= 11 is 0. The molecule has 1 aliphatic carbocycles. The molecule has 0 radical (unpaired) electrons. The van der Waals surface area contributed by atoms with Crippen LogP contribution in [-0.4, -0.2) is 48.3 Å². The van der Waals surface area contributed by atoms with Gasteiger partial charge in [0.25, 0.3) is 5.91 Å². The zero-order chi connectivity index (χ0) is 21.4. The van der Waals surface area contributed by atoms with Crippen LogP contribution in [0.2, 0.25) is 0 Å². The molecule has 162 valence electrons. The molecule has 30 heavy (non-hydrogen) atoms. The quantitative estimate of drug-likeness (QED) is 0.784. The summed E-state index contributed by atoms with van der Waals surface area (Å²) in [6.07, 6.45) is 0.855. The van der Waals surface area contributed by atoms with E-state index in [1.165, 1.54) is 13.2 Å². The number of carbonyl (C=O) groups excluding carboxylic acids is 1. The second-order valence-corrected chi connectivity index (χ2v) is 8.63. The van der Waals surface area contributed by atoms with Gasteiger partial charge < -0.3 is 19.6 Å². The molecule has 2 heterocycles. The standard InChI is InChI=1S/C23H29FN2O4/c1-13-6-18(14(2)30-13)23(28)25-20-8-16-11-26(12-17(16)9-21(20)27)10-15-4-5-19(24)22(7-15)29-3/h4-7,16-17,20-21,27H,8-12H2,1-3H3,(H,25,28)/t16-,17+,20-,21-/m0/s1. The number of ether oxygens (including phenoxy) is 1. The van der Waals surface area contributed by atoms with Gasteiger partial charge >= 0.3 is 0 Å². The van der Waals surface area contributed by atoms with Crippen molar-refractivity contribution >= 4 is 5.91 Å². The lowest BCUT2D eigenvalue weighted by Gasteiger charge is -2.35. The van der Waals surface area contributed by atoms with Gasteiger partial charge in [-0.1, -0.05) is 6.07 Å². The van der Waals surface area contributed by atoms with Crippen LogP contribution in [-0.2, 0) is 6.54 Å². The number of hydrogen-bond donors (Lipinski definition) is 2. The van der Waals surface area contributed by atoms with E-state index in [-0.39, 0.29) is 23.5 Å². The van der Waals surface area contributed by atoms with Crippen molar-refractivity contribution in [1.29, 1.82) is 0 Å². The summed E-state index contributed by atoms with van der Waals surface area (Å²) < 4.78 is 24.2. The van der Waals surface area contributed by atoms with Crippen LogP contribution in [0.4, 0.5) is 4.39 Å². The Kier molecular flexibility index (Phi) is 5.84. The molecule has 2 fully saturated rings. The smallest absolute Gasteiger partial charge is 0.255 e. The summed E-state index contributed by atoms with van der Waals surface area (Å²) in [4.78, 5) is 15.0. The molecular formula is C23H29FN2O4. The largest absolute Gasteiger partial charge is 0.494 e. The van der Waals surface area contributed by atoms with Crippen molar-refractivity contribution < 1.29 is 23.4 Å². The Morgan fingerprint density at radius 1 is 1.27 bits per heavy atom. The highest BCUT2D eigenvalue weighted by molar-refractivity contribution is 5.95. The number of hydrogen-bond acceptors (Lipinski definition) is 5. The maximum Gasteiger partial charge on any atom is 0.255 e. The summed E-state index contributed by atoms with van der Waals surface area (Å²) in [7, 11) is 1.47. The number of aliphatic hydroxyl groups excluding tert-OH is 1. The highest BCUT2D eigenvalue weighted by Crippen LogP contribution is 2.37. The average molecular weight is 416 g/mol. The highest BCUT2D eigenvalue weighted by atomic mass is 19.1. The Hall–Kier alpha value is -2.38. The number of methoxy groups -OCH3 is 1. The first-order valence-corrected chi connectivity index (χ1v) is 10.4. The Labute approximate surface area is 176 Å². The van der Waals surface area contributed by atoms with Crippen molar-refractivity contribution in [3.63, 3.8) is 0 Å². The number of halogens is 1. The molecule has 0 spiro atoms. The van der Waals surface area contributed by atoms with E-state index in [4.69, 9.17) is 9.15 Å². The SMILES string of the molecule is COc1cc(CN2C[C@H]3C[C@H](O)[C@@H](NC(=O)c4cc(C)oc4C)C[C@H]3C2)ccc1F. The van der Waals surface area contributed by atoms with Gasteiger partial charge in [-0.25, -0.2) is 4.39 Å². The maximum absolute atomic E-state index is 13.7. The number of rotatable bonds is 5. The Balaban J connectivity index is 1.38. The molecule has 2 aliphatic rings. The summed E-state index contributed by atoms with van der Waals surface area (Å²) in [5.41, 5.74) is 1.53. The van der Waals surface area contributed by atoms with Crippen LogP contribution in [0.25, 0.3) is 0 Å². The molecule has 2 N–H and O–H groups in total. The molecule has 1 saturated carbocycles. The molecule has 4 atom stereocenters. The summed E-state index contributed by atoms with van der Waals surface area (Å²) in [6.45, 7) is 6.09. The second kappa shape index (κ2) is 8.40. The number of benzene rings is 1. The lowest BCUT2D eigenvalue weighted by atomic mass is 9.77. The molecule has 4 rings (SSSR count). The highest BCUT2D eigenvalue weighted by Gasteiger charge is 2.42. The van der Waals surface area contributed by atoms with Crippen LogP contribution in [0.15, 0.2) is 28.7 Å². The van der Waals surface area contributed by atoms with Gasteiger partial charge in [0, 0.05) is 19.6 Å². The van der Waals surface area contributed by atoms with E-state index in [1.54, 1.807) is 25.1 Å². The third kappa shape index (κ3) is 4.23. The number of carbonyl (C=O) groups is 1. The number of amides is 1. The zero-order valence-corrected chi connectivity index (χ0v) is 17.7. The molecule has 6 nitrogen and oxygen atoms in total. The fourth-order valence-corrected chi connectivity index (χ4v) is 4.97. The van der Waals surface area contributed by atoms with Gasteiger partial charge in [-0.3, -0.25) is 9.69 Å². The normalized spacial score (nSPS) is 26.4. The zero-order valence-electron chi connectivity index (χ0n) is 17.7. The number of aryl methyl sites for hydroxylation is 2. The van der Waals surface area contributed by atoms with Crippen molar-refractivity contribution in [2.45, 2.75) is 45.4 Å². The number of nitrogens with zero attached hydrogens (tertiary/aromatic N) is 1. The van der Waals surface area contributed by atoms with Crippen molar-refractivity contribution in [1.82, 2.24) is 10.2 Å². The second-order valence-electron chi connectivity index (χ2n) is 8.63. The Morgan fingerprint density at radius 3 is 2.67 bits per heavy atom. The van der Waals surface area contributed by atoms with Gasteiger partial charge in [0.15, 0.2) is 11.6 Å². The molecule has 0 unspecified atom stereocenters. The lowest BCUT2D eigenvalue weighted by molar-refractivity contribution is 0.0461. The number of aliphatic hydroxyl groups is 1. The third-order valence-electron chi connectivity index (χ3n) is 6.44. The van der Waals surface area contributed by atoms with Crippen LogP contribution in [0.3, 0.4) is 0 Å². The summed E-state index contributed by atoms with van der Waals surface area (Å²) in [6, 6.07) is 6.43. The van der Waals surface area contributed by atoms with E-state index >= 15 is 0 Å². The van der Waals surface area contributed by atoms with Gasteiger partial charge in [-0.2, -0.15) is 0 Å². The predicted octanol–water partition coefficient (Wildman–Crippen LogP) is 3.05. The summed E-state index contributed by atoms with van der Waals surface area (Å²) in [5.74, 6) is 1.80. The first-order chi connectivity index (χ1) is 14.3. The van der Waals surface area contributed by atoms with Crippen LogP contribution in [0.5, 0.6) is 5.75 Å². The number of nitrogens with one attached hydrogen (secondary N) is 1. The third-order valence-corrected chi connectivity index (χ3v) is 6.44. The minimum Gasteiger partial charge on any atom is -0.494 e. The van der Waals surface area contributed by atoms with Gasteiger partial charge in [0.05, 0.1) is 24.8 Å². The fourth-order valence-electron chi connectivity index (χ4n) is 4.97. The minimum absolute atomic E-state index is 0.194. The predicted molar refractivity (Wildman–Crippen MR) is 110 cm³/mol. The summed E-state index contributed by atoms with van der Waals surface area (Å²) in [5, 5.41) is 13.7. The van der Waals surface area contributed by atoms with Gasteiger partial charge in [-0.15, -0.1) is 0 Å². The fraction of sp³-hybridized carbons (Fsp3) is 0.522. The average Bonchev–Trinajstić information content (AvgIpc) is 3.24. The van der Waals surface area contributed by atoms with Crippen molar-refractivity contribution in [2.24, 2.45) is 11.8 Å². The van der Waals surface area contributed by atoms with Crippen molar-refractivity contribution in [3.05, 3.63) is 52.7 Å². The van der Waals surface area contributed by atoms with Crippen molar-refractivity contribution in [2.75, 3.05) is 20.2 Å². The van der Waals surface area contributed by atoms with Gasteiger partial charge in [0.1, 0.15) is 11.5 Å². The van der Waals surface area contributed by atoms with E-state index in [2.05, 4.69) is 10.2 Å². The first kappa shape index (κ1) is 20.9. The maximum atomic E-state index is 13.7. The van der Waals surface area contributed by atoms with E-state index in [0.29, 0.717) is 41.9 Å². The first-order valence-electron chi connectivity index (χ1n) is 10.4. The Morgan fingerprint density at radius 2 is 2.00 bits per heavy atom. The topological polar surface area (TPSA) is 74.9 Å². The van der Waals surface area contributed by atoms with Crippen LogP contribution in [0, 0.1) is 31.5 Å². The van der Waals surface area contributed by atoms with Gasteiger partial charge in [-0.05, 0) is 62.3 Å². The molecule has 7 heteroatoms.